The highest BCUT2D eigenvalue weighted by Gasteiger charge is 2.73. The number of nitrogens with two attached hydrogens (primary N) is 2. The van der Waals surface area contributed by atoms with Crippen LogP contribution in [-0.4, -0.2) is 257 Å². The number of piperidine rings is 3. The fraction of sp³-hybridized carbons (Fsp3) is 0.837. The van der Waals surface area contributed by atoms with E-state index < -0.39 is 208 Å². The molecule has 0 aromatic heterocycles. The number of fused-ring (bicyclic) bond motifs is 3. The fourth-order valence-electron chi connectivity index (χ4n) is 23.6. The monoisotopic (exact) mass is 2060 g/mol. The number of urea groups is 3. The molecule has 3 unspecified atom stereocenters. The standard InChI is InChI=1S/C36H59N5O7S.C35H57N5O7S.C33H55N5O7S/c1-11-13-17-24(27(42)30(44)37-20-12-2)38-29(43)26-25-23(35(25,9)10)21-41(26)31(45)28(33(3,4)5)39-32(46)40-36(18-15-14-16-19-36)22-49(47,48)34(6,7)8;1-33(2,3)48(46,47)20-35(16-10-7-11-17-35)39-32(45)38-26(22-12-8-6-9-13-22)31(44)40-19-23-25(34(23,4)5)27(40)30(43)37-24(18-21-14-15-21)28(41)29(36)42;1-30(2,3)25(36-29(43)37-33(14-10-9-11-15-33)18-46(44,45)31(4,5)6)28(42)38-17-20-22(32(20,7)8)23(38)27(41)35-21(16-19-12-13-19)24(39)26(34)40/h1,23-26,28H,12-22H2,2-10H3,(H,37,44)(H,38,43)(H2,39,40,46);21-27H,6-20H2,1-5H3,(H2,36,42)(H,37,43)(H2,38,39,45);19-23,25H,9-18H2,1-8H3,(H2,34,40)(H,35,41)(H2,36,37,43)/t23-,24?,25-,26-,28+;23-,24?,25-,26-,27-;20-,21?,22-,23-,25+/m000/s1. The number of nitrogens with zero attached hydrogens (tertiary/aromatic N) is 3. The molecule has 15 amide bonds. The third-order valence-electron chi connectivity index (χ3n) is 33.8. The lowest BCUT2D eigenvalue weighted by atomic mass is 9.82. The molecule has 0 spiro atoms. The summed E-state index contributed by atoms with van der Waals surface area (Å²) in [6.45, 7) is 41.2. The van der Waals surface area contributed by atoms with Gasteiger partial charge >= 0.3 is 18.1 Å². The van der Waals surface area contributed by atoms with Crippen molar-refractivity contribution in [1.82, 2.24) is 67.9 Å². The van der Waals surface area contributed by atoms with Crippen molar-refractivity contribution in [3.63, 3.8) is 0 Å². The number of hydrogen-bond donors (Lipinski definition) is 12. The van der Waals surface area contributed by atoms with Crippen molar-refractivity contribution < 1.29 is 97.2 Å². The van der Waals surface area contributed by atoms with Crippen LogP contribution in [0.2, 0.25) is 0 Å². The predicted octanol–water partition coefficient (Wildman–Crippen LogP) is 8.50. The number of rotatable bonds is 36. The summed E-state index contributed by atoms with van der Waals surface area (Å²) in [6, 6.07) is -10.7. The van der Waals surface area contributed by atoms with Gasteiger partial charge in [0.15, 0.2) is 29.5 Å². The van der Waals surface area contributed by atoms with Gasteiger partial charge in [-0.15, -0.1) is 12.3 Å². The van der Waals surface area contributed by atoms with E-state index >= 15 is 0 Å². The zero-order valence-corrected chi connectivity index (χ0v) is 91.7. The lowest BCUT2D eigenvalue weighted by molar-refractivity contribution is -0.145. The van der Waals surface area contributed by atoms with Crippen molar-refractivity contribution in [3.05, 3.63) is 0 Å². The Kier molecular flexibility index (Phi) is 35.9. The number of hydrogen-bond acceptors (Lipinski definition) is 21. The molecule has 9 saturated carbocycles. The largest absolute Gasteiger partial charge is 0.363 e. The van der Waals surface area contributed by atoms with E-state index in [-0.39, 0.29) is 112 Å². The molecule has 14 N–H and O–H groups in total. The molecule has 39 heteroatoms. The molecule has 0 aromatic rings. The van der Waals surface area contributed by atoms with Gasteiger partial charge in [-0.25, -0.2) is 39.6 Å². The van der Waals surface area contributed by atoms with Gasteiger partial charge in [-0.1, -0.05) is 193 Å². The van der Waals surface area contributed by atoms with Crippen LogP contribution in [0.3, 0.4) is 0 Å². The SMILES string of the molecule is C#CCCC(NC(=O)[C@@H]1[C@@H]2[C@H](CN1C(=O)[C@@H](NC(=O)NC1(CS(=O)(=O)C(C)(C)C)CCCCC1)C(C)(C)C)C2(C)C)C(=O)C(=O)NCCC.CC(C)(C)[C@H](NC(=O)NC1(CS(=O)(=O)C(C)(C)C)CCCCC1)C(=O)N1C[C@H]2[C@@H]([C@H]1C(=O)NC(CC1CC1)C(=O)C(N)=O)C2(C)C.CC1(C)[C@@H]2[C@@H](C(=O)NC(CC3CC3)C(=O)C(N)=O)N(C(=O)[C@@H](NC(=O)NC3(CS(=O)(=O)C(C)(C)C)CCCCC3)C3CCCCC3)C[C@@H]21. The second-order valence-corrected chi connectivity index (χ2v) is 59.2. The molecule has 3 aliphatic heterocycles. The van der Waals surface area contributed by atoms with Gasteiger partial charge in [0.2, 0.25) is 52.8 Å². The first-order valence-corrected chi connectivity index (χ1v) is 57.5. The summed E-state index contributed by atoms with van der Waals surface area (Å²) < 4.78 is 76.8. The number of nitrogens with one attached hydrogen (secondary N) is 10. The van der Waals surface area contributed by atoms with Gasteiger partial charge < -0.3 is 79.3 Å². The lowest BCUT2D eigenvalue weighted by Gasteiger charge is -2.41. The molecule has 0 aromatic carbocycles. The summed E-state index contributed by atoms with van der Waals surface area (Å²) in [7, 11) is -10.7. The minimum absolute atomic E-state index is 0.0301. The number of sulfone groups is 3. The maximum atomic E-state index is 14.6. The van der Waals surface area contributed by atoms with Gasteiger partial charge in [0.25, 0.3) is 17.7 Å². The number of carbonyl (C=O) groups excluding carboxylic acids is 15. The van der Waals surface area contributed by atoms with Crippen LogP contribution in [-0.2, 0) is 87.0 Å². The van der Waals surface area contributed by atoms with E-state index in [2.05, 4.69) is 72.9 Å². The summed E-state index contributed by atoms with van der Waals surface area (Å²) in [6.07, 6.45) is 25.7. The van der Waals surface area contributed by atoms with Gasteiger partial charge in [0.05, 0.1) is 66.2 Å². The Labute approximate surface area is 849 Å². The predicted molar refractivity (Wildman–Crippen MR) is 544 cm³/mol. The minimum Gasteiger partial charge on any atom is -0.363 e. The molecule has 12 rings (SSSR count). The van der Waals surface area contributed by atoms with Crippen molar-refractivity contribution >= 4 is 118 Å². The summed E-state index contributed by atoms with van der Waals surface area (Å²) in [5.74, 6) is -6.25. The molecule has 3 saturated heterocycles. The Morgan fingerprint density at radius 2 is 0.685 bits per heavy atom. The van der Waals surface area contributed by atoms with E-state index in [0.29, 0.717) is 77.4 Å². The normalized spacial score (nSPS) is 26.2. The number of primary amides is 2. The lowest BCUT2D eigenvalue weighted by Crippen LogP contribution is -2.64. The molecule has 15 atom stereocenters. The van der Waals surface area contributed by atoms with Crippen LogP contribution in [0.1, 0.15) is 339 Å². The van der Waals surface area contributed by atoms with Crippen LogP contribution < -0.4 is 64.6 Å². The first kappa shape index (κ1) is 116. The Morgan fingerprint density at radius 3 is 0.965 bits per heavy atom. The van der Waals surface area contributed by atoms with Gasteiger partial charge in [-0.2, -0.15) is 0 Å². The summed E-state index contributed by atoms with van der Waals surface area (Å²) in [4.78, 5) is 206. The molecule has 12 fully saturated rings. The maximum Gasteiger partial charge on any atom is 0.315 e. The third-order valence-corrected chi connectivity index (χ3v) is 42.1. The summed E-state index contributed by atoms with van der Waals surface area (Å²) >= 11 is 0. The first-order chi connectivity index (χ1) is 65.9. The van der Waals surface area contributed by atoms with E-state index in [0.717, 1.165) is 116 Å². The highest BCUT2D eigenvalue weighted by molar-refractivity contribution is 7.93. The number of ketones is 3. The number of amides is 15. The molecular weight excluding hydrogens is 1890 g/mol. The number of likely N-dealkylation sites (tertiary alicyclic amines) is 3. The Hall–Kier alpha value is -8.54. The molecule has 143 heavy (non-hydrogen) atoms. The van der Waals surface area contributed by atoms with E-state index in [9.17, 15) is 97.2 Å². The maximum absolute atomic E-state index is 14.6. The highest BCUT2D eigenvalue weighted by Crippen LogP contribution is 2.67. The quantitative estimate of drug-likeness (QED) is 0.0206. The van der Waals surface area contributed by atoms with E-state index in [1.165, 1.54) is 9.80 Å². The Morgan fingerprint density at radius 1 is 0.392 bits per heavy atom. The van der Waals surface area contributed by atoms with Gasteiger partial charge in [0, 0.05) is 32.6 Å². The fourth-order valence-corrected chi connectivity index (χ4v) is 28.2. The van der Waals surface area contributed by atoms with Crippen LogP contribution in [0.4, 0.5) is 14.4 Å². The van der Waals surface area contributed by atoms with Crippen LogP contribution in [0.25, 0.3) is 0 Å². The molecule has 0 bridgehead atoms. The Bertz CT molecular complexity index is 5170. The topological polar surface area (TPSA) is 541 Å². The molecular formula is C104H171N15O21S3. The average Bonchev–Trinajstić information content (AvgIpc) is 1.53. The second-order valence-electron chi connectivity index (χ2n) is 50.9. The van der Waals surface area contributed by atoms with Crippen LogP contribution in [0, 0.1) is 92.7 Å². The van der Waals surface area contributed by atoms with E-state index in [1.807, 2.05) is 76.2 Å². The highest BCUT2D eigenvalue weighted by atomic mass is 32.2. The van der Waals surface area contributed by atoms with Crippen LogP contribution in [0.15, 0.2) is 0 Å². The second kappa shape index (κ2) is 44.1. The number of carbonyl (C=O) groups is 15. The van der Waals surface area contributed by atoms with Crippen LogP contribution in [0.5, 0.6) is 0 Å². The molecule has 0 radical (unpaired) electrons. The van der Waals surface area contributed by atoms with Crippen molar-refractivity contribution in [2.45, 2.75) is 424 Å². The third kappa shape index (κ3) is 27.5. The molecule has 36 nitrogen and oxygen atoms in total. The molecule has 12 aliphatic rings. The van der Waals surface area contributed by atoms with E-state index in [1.54, 1.807) is 67.2 Å². The van der Waals surface area contributed by atoms with Gasteiger partial charge in [-0.3, -0.25) is 57.5 Å². The van der Waals surface area contributed by atoms with Gasteiger partial charge in [-0.05, 0) is 220 Å². The van der Waals surface area contributed by atoms with Crippen molar-refractivity contribution in [3.8, 4) is 12.3 Å². The number of terminal acetylenes is 1. The zero-order valence-electron chi connectivity index (χ0n) is 89.2. The summed E-state index contributed by atoms with van der Waals surface area (Å²) in [5.41, 5.74) is 5.62. The molecule has 9 aliphatic carbocycles. The van der Waals surface area contributed by atoms with E-state index in [4.69, 9.17) is 17.9 Å². The Balaban J connectivity index is 0.000000220. The number of Topliss-reactive ketones (excluding diaryl/α,β-unsaturated/α-hetero) is 3. The smallest absolute Gasteiger partial charge is 0.315 e. The van der Waals surface area contributed by atoms with Gasteiger partial charge in [0.1, 0.15) is 36.3 Å². The average molecular weight is 2060 g/mol. The zero-order chi connectivity index (χ0) is 107. The van der Waals surface area contributed by atoms with Crippen molar-refractivity contribution in [1.29, 1.82) is 0 Å². The minimum atomic E-state index is -3.57. The molecule has 806 valence electrons. The van der Waals surface area contributed by atoms with Crippen LogP contribution >= 0.6 is 0 Å². The first-order valence-electron chi connectivity index (χ1n) is 52.6. The summed E-state index contributed by atoms with van der Waals surface area (Å²) in [5, 5.41) is 28.6. The van der Waals surface area contributed by atoms with Crippen molar-refractivity contribution in [2.24, 2.45) is 91.8 Å². The van der Waals surface area contributed by atoms with Crippen molar-refractivity contribution in [2.75, 3.05) is 43.4 Å². The molecule has 3 heterocycles.